The van der Waals surface area contributed by atoms with Gasteiger partial charge in [-0.2, -0.15) is 0 Å². The molecule has 0 radical (unpaired) electrons. The van der Waals surface area contributed by atoms with Gasteiger partial charge in [-0.05, 0) is 113 Å². The minimum atomic E-state index is 0.928. The molecule has 4 rings (SSSR count). The molecule has 2 saturated carbocycles. The Morgan fingerprint density at radius 3 is 1.14 bits per heavy atom. The fraction of sp³-hybridized carbons (Fsp3) is 0.571. The van der Waals surface area contributed by atoms with Crippen molar-refractivity contribution in [1.82, 2.24) is 0 Å². The Labute approximate surface area is 172 Å². The molecule has 0 heteroatoms. The molecule has 0 amide bonds. The van der Waals surface area contributed by atoms with Crippen LogP contribution in [0.15, 0.2) is 48.5 Å². The molecule has 0 saturated heterocycles. The summed E-state index contributed by atoms with van der Waals surface area (Å²) >= 11 is 0. The Bertz CT molecular complexity index is 642. The van der Waals surface area contributed by atoms with Gasteiger partial charge in [0.15, 0.2) is 0 Å². The molecular weight excluding hydrogens is 336 g/mol. The minimum Gasteiger partial charge on any atom is -0.0591 e. The third kappa shape index (κ3) is 5.28. The SMILES string of the molecule is Cc1ccc(CC2CCC(C3CCC(Cc4ccc(C)cc4)CC3)CC2)cc1. The Hall–Kier alpha value is -1.56. The van der Waals surface area contributed by atoms with Gasteiger partial charge in [-0.15, -0.1) is 0 Å². The lowest BCUT2D eigenvalue weighted by atomic mass is 9.68. The average Bonchev–Trinajstić information content (AvgIpc) is 2.73. The maximum absolute atomic E-state index is 2.34. The summed E-state index contributed by atoms with van der Waals surface area (Å²) in [7, 11) is 0. The monoisotopic (exact) mass is 374 g/mol. The number of hydrogen-bond acceptors (Lipinski definition) is 0. The Balaban J connectivity index is 1.19. The van der Waals surface area contributed by atoms with E-state index in [1.807, 2.05) is 0 Å². The molecule has 0 spiro atoms. The van der Waals surface area contributed by atoms with Gasteiger partial charge in [0, 0.05) is 0 Å². The Kier molecular flexibility index (Phi) is 6.55. The lowest BCUT2D eigenvalue weighted by Gasteiger charge is -2.38. The Morgan fingerprint density at radius 1 is 0.500 bits per heavy atom. The van der Waals surface area contributed by atoms with E-state index in [1.54, 1.807) is 11.1 Å². The maximum Gasteiger partial charge on any atom is -0.0250 e. The van der Waals surface area contributed by atoms with Crippen LogP contribution in [-0.2, 0) is 12.8 Å². The predicted molar refractivity (Wildman–Crippen MR) is 121 cm³/mol. The van der Waals surface area contributed by atoms with Crippen LogP contribution in [0.5, 0.6) is 0 Å². The molecule has 0 unspecified atom stereocenters. The second-order valence-corrected chi connectivity index (χ2v) is 9.94. The van der Waals surface area contributed by atoms with Gasteiger partial charge in [0.25, 0.3) is 0 Å². The largest absolute Gasteiger partial charge is 0.0591 e. The smallest absolute Gasteiger partial charge is 0.0250 e. The van der Waals surface area contributed by atoms with Gasteiger partial charge in [-0.3, -0.25) is 0 Å². The summed E-state index contributed by atoms with van der Waals surface area (Å²) in [5, 5.41) is 0. The van der Waals surface area contributed by atoms with Crippen molar-refractivity contribution in [2.45, 2.75) is 78.1 Å². The van der Waals surface area contributed by atoms with Crippen LogP contribution in [0, 0.1) is 37.5 Å². The number of benzene rings is 2. The highest BCUT2D eigenvalue weighted by Gasteiger charge is 2.30. The third-order valence-electron chi connectivity index (χ3n) is 7.74. The summed E-state index contributed by atoms with van der Waals surface area (Å²) in [4.78, 5) is 0. The molecule has 0 nitrogen and oxygen atoms in total. The topological polar surface area (TPSA) is 0 Å². The average molecular weight is 375 g/mol. The number of hydrogen-bond donors (Lipinski definition) is 0. The quantitative estimate of drug-likeness (QED) is 0.503. The molecule has 2 aliphatic carbocycles. The fourth-order valence-corrected chi connectivity index (χ4v) is 5.84. The van der Waals surface area contributed by atoms with Gasteiger partial charge >= 0.3 is 0 Å². The lowest BCUT2D eigenvalue weighted by molar-refractivity contribution is 0.146. The van der Waals surface area contributed by atoms with Crippen molar-refractivity contribution in [2.24, 2.45) is 23.7 Å². The van der Waals surface area contributed by atoms with E-state index in [-0.39, 0.29) is 0 Å². The molecule has 150 valence electrons. The molecule has 2 aromatic carbocycles. The zero-order valence-corrected chi connectivity index (χ0v) is 18.0. The van der Waals surface area contributed by atoms with Crippen LogP contribution in [0.2, 0.25) is 0 Å². The second-order valence-electron chi connectivity index (χ2n) is 9.94. The summed E-state index contributed by atoms with van der Waals surface area (Å²) in [6.45, 7) is 4.37. The van der Waals surface area contributed by atoms with Crippen LogP contribution < -0.4 is 0 Å². The standard InChI is InChI=1S/C28H38/c1-21-3-7-23(8-4-21)19-25-11-15-27(16-12-25)28-17-13-26(14-18-28)20-24-9-5-22(2)6-10-24/h3-10,25-28H,11-20H2,1-2H3. The summed E-state index contributed by atoms with van der Waals surface area (Å²) in [5.41, 5.74) is 5.85. The molecule has 0 heterocycles. The molecule has 0 aliphatic heterocycles. The van der Waals surface area contributed by atoms with Crippen LogP contribution in [0.4, 0.5) is 0 Å². The summed E-state index contributed by atoms with van der Waals surface area (Å²) in [5.74, 6) is 3.90. The van der Waals surface area contributed by atoms with Crippen LogP contribution in [-0.4, -0.2) is 0 Å². The second kappa shape index (κ2) is 9.29. The summed E-state index contributed by atoms with van der Waals surface area (Å²) in [6.07, 6.45) is 14.4. The Morgan fingerprint density at radius 2 is 0.821 bits per heavy atom. The fourth-order valence-electron chi connectivity index (χ4n) is 5.84. The highest BCUT2D eigenvalue weighted by molar-refractivity contribution is 5.22. The van der Waals surface area contributed by atoms with Crippen molar-refractivity contribution in [3.05, 3.63) is 70.8 Å². The molecular formula is C28H38. The van der Waals surface area contributed by atoms with Crippen molar-refractivity contribution in [2.75, 3.05) is 0 Å². The van der Waals surface area contributed by atoms with E-state index in [0.717, 1.165) is 23.7 Å². The maximum atomic E-state index is 2.34. The van der Waals surface area contributed by atoms with Crippen molar-refractivity contribution >= 4 is 0 Å². The summed E-state index contributed by atoms with van der Waals surface area (Å²) < 4.78 is 0. The first kappa shape index (κ1) is 19.7. The molecule has 0 aromatic heterocycles. The molecule has 28 heavy (non-hydrogen) atoms. The van der Waals surface area contributed by atoms with Gasteiger partial charge in [-0.25, -0.2) is 0 Å². The van der Waals surface area contributed by atoms with Crippen molar-refractivity contribution < 1.29 is 0 Å². The number of rotatable bonds is 5. The van der Waals surface area contributed by atoms with Crippen molar-refractivity contribution in [3.63, 3.8) is 0 Å². The van der Waals surface area contributed by atoms with Crippen LogP contribution in [0.1, 0.15) is 73.6 Å². The van der Waals surface area contributed by atoms with E-state index in [2.05, 4.69) is 62.4 Å². The van der Waals surface area contributed by atoms with Crippen molar-refractivity contribution in [1.29, 1.82) is 0 Å². The van der Waals surface area contributed by atoms with E-state index in [1.165, 1.54) is 75.3 Å². The highest BCUT2D eigenvalue weighted by atomic mass is 14.4. The van der Waals surface area contributed by atoms with Gasteiger partial charge in [0.05, 0.1) is 0 Å². The predicted octanol–water partition coefficient (Wildman–Crippen LogP) is 7.70. The lowest BCUT2D eigenvalue weighted by Crippen LogP contribution is -2.26. The van der Waals surface area contributed by atoms with E-state index in [4.69, 9.17) is 0 Å². The highest BCUT2D eigenvalue weighted by Crippen LogP contribution is 2.42. The van der Waals surface area contributed by atoms with Crippen LogP contribution in [0.25, 0.3) is 0 Å². The normalized spacial score (nSPS) is 28.2. The van der Waals surface area contributed by atoms with Gasteiger partial charge in [0.1, 0.15) is 0 Å². The molecule has 2 aliphatic rings. The van der Waals surface area contributed by atoms with E-state index >= 15 is 0 Å². The minimum absolute atomic E-state index is 0.928. The third-order valence-corrected chi connectivity index (χ3v) is 7.74. The van der Waals surface area contributed by atoms with E-state index in [9.17, 15) is 0 Å². The van der Waals surface area contributed by atoms with Crippen LogP contribution in [0.3, 0.4) is 0 Å². The first-order chi connectivity index (χ1) is 13.7. The zero-order chi connectivity index (χ0) is 19.3. The first-order valence-electron chi connectivity index (χ1n) is 11.8. The van der Waals surface area contributed by atoms with Crippen LogP contribution >= 0.6 is 0 Å². The number of aryl methyl sites for hydroxylation is 2. The molecule has 0 N–H and O–H groups in total. The van der Waals surface area contributed by atoms with Crippen molar-refractivity contribution in [3.8, 4) is 0 Å². The molecule has 2 aromatic rings. The zero-order valence-electron chi connectivity index (χ0n) is 18.0. The van der Waals surface area contributed by atoms with E-state index < -0.39 is 0 Å². The van der Waals surface area contributed by atoms with Gasteiger partial charge in [-0.1, -0.05) is 59.7 Å². The van der Waals surface area contributed by atoms with E-state index in [0.29, 0.717) is 0 Å². The molecule has 0 atom stereocenters. The van der Waals surface area contributed by atoms with Gasteiger partial charge < -0.3 is 0 Å². The first-order valence-corrected chi connectivity index (χ1v) is 11.8. The molecule has 2 fully saturated rings. The molecule has 0 bridgehead atoms. The van der Waals surface area contributed by atoms with Gasteiger partial charge in [0.2, 0.25) is 0 Å². The summed E-state index contributed by atoms with van der Waals surface area (Å²) in [6, 6.07) is 18.5.